The summed E-state index contributed by atoms with van der Waals surface area (Å²) in [6.45, 7) is 0.410. The molecule has 0 bridgehead atoms. The van der Waals surface area contributed by atoms with Gasteiger partial charge in [-0.3, -0.25) is 0 Å². The van der Waals surface area contributed by atoms with E-state index in [1.807, 2.05) is 121 Å². The number of benzene rings is 5. The first kappa shape index (κ1) is 28.4. The number of para-hydroxylation sites is 2. The van der Waals surface area contributed by atoms with Crippen molar-refractivity contribution in [2.75, 3.05) is 26.4 Å². The maximum Gasteiger partial charge on any atom is 0.141 e. The molecular weight excluding hydrogens is 536 g/mol. The summed E-state index contributed by atoms with van der Waals surface area (Å²) in [7, 11) is 0. The number of hydrogen-bond donors (Lipinski definition) is 2. The molecule has 5 aromatic rings. The van der Waals surface area contributed by atoms with Gasteiger partial charge in [0.25, 0.3) is 0 Å². The van der Waals surface area contributed by atoms with Crippen LogP contribution in [0, 0.1) is 0 Å². The van der Waals surface area contributed by atoms with Crippen LogP contribution in [0.15, 0.2) is 131 Å². The quantitative estimate of drug-likeness (QED) is 0.156. The van der Waals surface area contributed by atoms with Gasteiger partial charge in [0, 0.05) is 10.3 Å². The first-order valence-corrected chi connectivity index (χ1v) is 14.2. The number of rotatable bonds is 14. The summed E-state index contributed by atoms with van der Waals surface area (Å²) in [5.41, 5.74) is 0. The number of ether oxygens (including phenoxy) is 4. The van der Waals surface area contributed by atoms with Gasteiger partial charge in [0.2, 0.25) is 0 Å². The highest BCUT2D eigenvalue weighted by Crippen LogP contribution is 2.41. The molecule has 0 amide bonds. The number of aliphatic hydroxyl groups excluding tert-OH is 2. The van der Waals surface area contributed by atoms with E-state index in [1.54, 1.807) is 11.8 Å². The van der Waals surface area contributed by atoms with Crippen LogP contribution in [0.5, 0.6) is 23.0 Å². The minimum absolute atomic E-state index is 0.0696. The summed E-state index contributed by atoms with van der Waals surface area (Å²) in [4.78, 5) is 2.01. The smallest absolute Gasteiger partial charge is 0.141 e. The Labute approximate surface area is 244 Å². The predicted octanol–water partition coefficient (Wildman–Crippen LogP) is 6.63. The molecule has 0 aromatic heterocycles. The lowest BCUT2D eigenvalue weighted by atomic mass is 10.1. The summed E-state index contributed by atoms with van der Waals surface area (Å²) < 4.78 is 23.4. The molecule has 0 radical (unpaired) electrons. The third kappa shape index (κ3) is 8.41. The van der Waals surface area contributed by atoms with Crippen molar-refractivity contribution in [1.82, 2.24) is 0 Å². The zero-order valence-electron chi connectivity index (χ0n) is 22.5. The lowest BCUT2D eigenvalue weighted by Gasteiger charge is -2.18. The topological polar surface area (TPSA) is 77.4 Å². The molecule has 5 rings (SSSR count). The van der Waals surface area contributed by atoms with Crippen molar-refractivity contribution in [3.8, 4) is 23.0 Å². The van der Waals surface area contributed by atoms with Gasteiger partial charge in [-0.05, 0) is 66.0 Å². The predicted molar refractivity (Wildman–Crippen MR) is 161 cm³/mol. The average molecular weight is 569 g/mol. The third-order valence-electron chi connectivity index (χ3n) is 6.11. The minimum atomic E-state index is -0.817. The van der Waals surface area contributed by atoms with Crippen LogP contribution in [0.4, 0.5) is 0 Å². The van der Waals surface area contributed by atoms with Crippen molar-refractivity contribution >= 4 is 22.5 Å². The van der Waals surface area contributed by atoms with Crippen molar-refractivity contribution in [3.63, 3.8) is 0 Å². The van der Waals surface area contributed by atoms with E-state index in [0.29, 0.717) is 23.0 Å². The van der Waals surface area contributed by atoms with Crippen molar-refractivity contribution in [1.29, 1.82) is 0 Å². The number of aliphatic hydroxyl groups is 2. The summed E-state index contributed by atoms with van der Waals surface area (Å²) in [6.07, 6.45) is -1.60. The van der Waals surface area contributed by atoms with E-state index in [4.69, 9.17) is 18.9 Å². The Balaban J connectivity index is 1.27. The minimum Gasteiger partial charge on any atom is -0.491 e. The van der Waals surface area contributed by atoms with E-state index in [1.165, 1.54) is 0 Å². The first-order valence-electron chi connectivity index (χ1n) is 13.4. The Kier molecular flexibility index (Phi) is 10.0. The molecule has 0 spiro atoms. The largest absolute Gasteiger partial charge is 0.491 e. The molecule has 0 saturated heterocycles. The third-order valence-corrected chi connectivity index (χ3v) is 7.16. The summed E-state index contributed by atoms with van der Waals surface area (Å²) in [5, 5.41) is 22.7. The maximum atomic E-state index is 10.6. The van der Waals surface area contributed by atoms with Crippen LogP contribution in [0.25, 0.3) is 10.8 Å². The molecule has 6 nitrogen and oxygen atoms in total. The van der Waals surface area contributed by atoms with Gasteiger partial charge in [0.15, 0.2) is 0 Å². The lowest BCUT2D eigenvalue weighted by Crippen LogP contribution is -2.25. The van der Waals surface area contributed by atoms with Crippen LogP contribution in [-0.2, 0) is 0 Å². The highest BCUT2D eigenvalue weighted by molar-refractivity contribution is 7.99. The molecule has 0 saturated carbocycles. The van der Waals surface area contributed by atoms with Crippen molar-refractivity contribution in [2.45, 2.75) is 22.0 Å². The maximum absolute atomic E-state index is 10.6. The molecule has 7 heteroatoms. The molecule has 2 N–H and O–H groups in total. The summed E-state index contributed by atoms with van der Waals surface area (Å²) in [6, 6.07) is 38.6. The van der Waals surface area contributed by atoms with Crippen LogP contribution < -0.4 is 18.9 Å². The van der Waals surface area contributed by atoms with Gasteiger partial charge in [0.05, 0.1) is 4.90 Å². The Morgan fingerprint density at radius 1 is 0.512 bits per heavy atom. The van der Waals surface area contributed by atoms with Gasteiger partial charge in [-0.15, -0.1) is 0 Å². The van der Waals surface area contributed by atoms with Crippen molar-refractivity contribution < 1.29 is 29.2 Å². The van der Waals surface area contributed by atoms with Crippen LogP contribution in [0.1, 0.15) is 0 Å². The molecule has 2 unspecified atom stereocenters. The molecule has 41 heavy (non-hydrogen) atoms. The van der Waals surface area contributed by atoms with Gasteiger partial charge in [-0.1, -0.05) is 72.4 Å². The number of hydrogen-bond acceptors (Lipinski definition) is 7. The normalized spacial score (nSPS) is 12.4. The van der Waals surface area contributed by atoms with E-state index in [2.05, 4.69) is 0 Å². The fraction of sp³-hybridized carbons (Fsp3) is 0.176. The van der Waals surface area contributed by atoms with Crippen molar-refractivity contribution in [3.05, 3.63) is 121 Å². The zero-order valence-corrected chi connectivity index (χ0v) is 23.3. The van der Waals surface area contributed by atoms with E-state index < -0.39 is 12.2 Å². The molecular formula is C34H32O6S. The average Bonchev–Trinajstić information content (AvgIpc) is 3.02. The van der Waals surface area contributed by atoms with Gasteiger partial charge in [-0.2, -0.15) is 0 Å². The standard InChI is InChI=1S/C34H32O6S/c35-26(21-37-28-10-4-1-5-11-28)23-39-30-17-18-32-25(20-30)16-19-33(41-31-14-8-3-9-15-31)34(32)40-24-27(36)22-38-29-12-6-2-7-13-29/h1-20,26-27,35-36H,21-24H2. The molecule has 0 aliphatic carbocycles. The Morgan fingerprint density at radius 3 is 1.61 bits per heavy atom. The Bertz CT molecular complexity index is 1500. The van der Waals surface area contributed by atoms with E-state index in [9.17, 15) is 10.2 Å². The van der Waals surface area contributed by atoms with Crippen LogP contribution >= 0.6 is 11.8 Å². The SMILES string of the molecule is OC(COc1ccccc1)COc1ccc2c(OCC(O)COc3ccccc3)c(Sc3ccccc3)ccc2c1. The second-order valence-corrected chi connectivity index (χ2v) is 10.5. The first-order chi connectivity index (χ1) is 20.1. The Hall–Kier alpha value is -4.17. The van der Waals surface area contributed by atoms with Gasteiger partial charge >= 0.3 is 0 Å². The molecule has 0 aliphatic rings. The molecule has 210 valence electrons. The van der Waals surface area contributed by atoms with Crippen LogP contribution in [-0.4, -0.2) is 48.8 Å². The zero-order chi connectivity index (χ0) is 28.3. The molecule has 5 aromatic carbocycles. The van der Waals surface area contributed by atoms with Gasteiger partial charge in [-0.25, -0.2) is 0 Å². The van der Waals surface area contributed by atoms with E-state index in [0.717, 1.165) is 20.6 Å². The van der Waals surface area contributed by atoms with Crippen molar-refractivity contribution in [2.24, 2.45) is 0 Å². The number of fused-ring (bicyclic) bond motifs is 1. The highest BCUT2D eigenvalue weighted by Gasteiger charge is 2.15. The summed E-state index contributed by atoms with van der Waals surface area (Å²) in [5.74, 6) is 2.70. The molecule has 0 heterocycles. The fourth-order valence-electron chi connectivity index (χ4n) is 4.08. The summed E-state index contributed by atoms with van der Waals surface area (Å²) >= 11 is 1.60. The van der Waals surface area contributed by atoms with E-state index in [-0.39, 0.29) is 26.4 Å². The second kappa shape index (κ2) is 14.5. The van der Waals surface area contributed by atoms with Crippen LogP contribution in [0.2, 0.25) is 0 Å². The van der Waals surface area contributed by atoms with E-state index >= 15 is 0 Å². The lowest BCUT2D eigenvalue weighted by molar-refractivity contribution is 0.0621. The van der Waals surface area contributed by atoms with Gasteiger partial charge in [0.1, 0.15) is 61.6 Å². The van der Waals surface area contributed by atoms with Gasteiger partial charge < -0.3 is 29.2 Å². The second-order valence-electron chi connectivity index (χ2n) is 9.37. The Morgan fingerprint density at radius 2 is 1.02 bits per heavy atom. The molecule has 2 atom stereocenters. The highest BCUT2D eigenvalue weighted by atomic mass is 32.2. The molecule has 0 fully saturated rings. The fourth-order valence-corrected chi connectivity index (χ4v) is 5.03. The molecule has 0 aliphatic heterocycles. The van der Waals surface area contributed by atoms with Crippen LogP contribution in [0.3, 0.4) is 0 Å². The monoisotopic (exact) mass is 568 g/mol.